The summed E-state index contributed by atoms with van der Waals surface area (Å²) in [6.07, 6.45) is 0.872. The van der Waals surface area contributed by atoms with Crippen molar-refractivity contribution in [1.82, 2.24) is 10.6 Å². The highest BCUT2D eigenvalue weighted by atomic mass is 79.9. The minimum Gasteiger partial charge on any atom is -0.480 e. The highest BCUT2D eigenvalue weighted by Gasteiger charge is 2.13. The van der Waals surface area contributed by atoms with Gasteiger partial charge in [0.1, 0.15) is 6.04 Å². The molecular weight excluding hydrogens is 284 g/mol. The largest absolute Gasteiger partial charge is 0.480 e. The first-order valence-corrected chi connectivity index (χ1v) is 6.28. The highest BCUT2D eigenvalue weighted by molar-refractivity contribution is 9.10. The van der Waals surface area contributed by atoms with Crippen LogP contribution in [0.15, 0.2) is 28.7 Å². The van der Waals surface area contributed by atoms with Gasteiger partial charge in [0.05, 0.1) is 0 Å². The molecule has 0 amide bonds. The maximum absolute atomic E-state index is 10.7. The summed E-state index contributed by atoms with van der Waals surface area (Å²) in [6, 6.07) is 7.49. The van der Waals surface area contributed by atoms with Crippen LogP contribution in [-0.4, -0.2) is 37.3 Å². The Morgan fingerprint density at radius 1 is 1.47 bits per heavy atom. The van der Waals surface area contributed by atoms with Crippen molar-refractivity contribution in [1.29, 1.82) is 0 Å². The van der Waals surface area contributed by atoms with Crippen LogP contribution in [0.3, 0.4) is 0 Å². The Labute approximate surface area is 110 Å². The van der Waals surface area contributed by atoms with Gasteiger partial charge in [-0.2, -0.15) is 0 Å². The average Bonchev–Trinajstić information content (AvgIpc) is 2.31. The minimum absolute atomic E-state index is 0.427. The van der Waals surface area contributed by atoms with Crippen LogP contribution >= 0.6 is 15.9 Å². The van der Waals surface area contributed by atoms with E-state index >= 15 is 0 Å². The van der Waals surface area contributed by atoms with Crippen LogP contribution in [0, 0.1) is 0 Å². The van der Waals surface area contributed by atoms with Gasteiger partial charge in [0, 0.05) is 11.0 Å². The zero-order valence-electron chi connectivity index (χ0n) is 9.74. The number of hydrogen-bond acceptors (Lipinski definition) is 3. The van der Waals surface area contributed by atoms with Crippen LogP contribution in [0.5, 0.6) is 0 Å². The monoisotopic (exact) mass is 300 g/mol. The first-order valence-electron chi connectivity index (χ1n) is 5.49. The predicted octanol–water partition coefficient (Wildman–Crippen LogP) is 1.25. The fraction of sp³-hybridized carbons (Fsp3) is 0.417. The van der Waals surface area contributed by atoms with Crippen molar-refractivity contribution in [3.05, 3.63) is 34.3 Å². The zero-order valence-corrected chi connectivity index (χ0v) is 11.3. The zero-order chi connectivity index (χ0) is 12.7. The number of aliphatic carboxylic acids is 1. The maximum Gasteiger partial charge on any atom is 0.322 e. The number of benzene rings is 1. The van der Waals surface area contributed by atoms with Crippen molar-refractivity contribution >= 4 is 21.9 Å². The highest BCUT2D eigenvalue weighted by Crippen LogP contribution is 2.15. The van der Waals surface area contributed by atoms with Crippen LogP contribution in [0.25, 0.3) is 0 Å². The van der Waals surface area contributed by atoms with Gasteiger partial charge in [-0.3, -0.25) is 4.79 Å². The lowest BCUT2D eigenvalue weighted by molar-refractivity contribution is -0.139. The number of hydrogen-bond donors (Lipinski definition) is 3. The summed E-state index contributed by atoms with van der Waals surface area (Å²) in [7, 11) is 1.65. The third-order valence-corrected chi connectivity index (χ3v) is 3.30. The Kier molecular flexibility index (Phi) is 6.18. The van der Waals surface area contributed by atoms with Gasteiger partial charge in [0.25, 0.3) is 0 Å². The van der Waals surface area contributed by atoms with Gasteiger partial charge < -0.3 is 15.7 Å². The number of halogens is 1. The lowest BCUT2D eigenvalue weighted by Gasteiger charge is -2.12. The molecule has 0 aliphatic carbocycles. The Morgan fingerprint density at radius 3 is 2.76 bits per heavy atom. The van der Waals surface area contributed by atoms with Crippen molar-refractivity contribution in [2.24, 2.45) is 0 Å². The normalized spacial score (nSPS) is 12.4. The Bertz CT molecular complexity index is 371. The number of carboxylic acid groups (broad SMARTS) is 1. The summed E-state index contributed by atoms with van der Waals surface area (Å²) in [4.78, 5) is 10.7. The average molecular weight is 301 g/mol. The lowest BCUT2D eigenvalue weighted by Crippen LogP contribution is -2.43. The third kappa shape index (κ3) is 4.85. The first-order chi connectivity index (χ1) is 8.15. The molecule has 1 atom stereocenters. The SMILES string of the molecule is CNC(CNCCc1ccccc1Br)C(=O)O. The van der Waals surface area contributed by atoms with E-state index in [4.69, 9.17) is 5.11 Å². The molecule has 3 N–H and O–H groups in total. The van der Waals surface area contributed by atoms with E-state index in [0.717, 1.165) is 17.4 Å². The summed E-state index contributed by atoms with van der Waals surface area (Å²) in [6.45, 7) is 1.18. The van der Waals surface area contributed by atoms with E-state index in [1.807, 2.05) is 18.2 Å². The fourth-order valence-corrected chi connectivity index (χ4v) is 1.97. The standard InChI is InChI=1S/C12H17BrN2O2/c1-14-11(12(16)17)8-15-7-6-9-4-2-3-5-10(9)13/h2-5,11,14-15H,6-8H2,1H3,(H,16,17). The van der Waals surface area contributed by atoms with Crippen molar-refractivity contribution in [3.63, 3.8) is 0 Å². The molecule has 17 heavy (non-hydrogen) atoms. The van der Waals surface area contributed by atoms with Crippen molar-refractivity contribution in [2.45, 2.75) is 12.5 Å². The lowest BCUT2D eigenvalue weighted by atomic mass is 10.1. The summed E-state index contributed by atoms with van der Waals surface area (Å²) < 4.78 is 1.09. The molecule has 0 saturated heterocycles. The molecule has 0 saturated carbocycles. The molecule has 0 aliphatic heterocycles. The maximum atomic E-state index is 10.7. The van der Waals surface area contributed by atoms with Crippen LogP contribution in [0.2, 0.25) is 0 Å². The molecule has 4 nitrogen and oxygen atoms in total. The van der Waals surface area contributed by atoms with E-state index in [-0.39, 0.29) is 0 Å². The summed E-state index contributed by atoms with van der Waals surface area (Å²) in [5.74, 6) is -0.833. The number of nitrogens with one attached hydrogen (secondary N) is 2. The van der Waals surface area contributed by atoms with E-state index in [1.54, 1.807) is 7.05 Å². The summed E-state index contributed by atoms with van der Waals surface area (Å²) in [5, 5.41) is 14.7. The third-order valence-electron chi connectivity index (χ3n) is 2.52. The summed E-state index contributed by atoms with van der Waals surface area (Å²) >= 11 is 3.48. The molecule has 0 heterocycles. The van der Waals surface area contributed by atoms with E-state index in [2.05, 4.69) is 32.6 Å². The van der Waals surface area contributed by atoms with E-state index < -0.39 is 12.0 Å². The second kappa shape index (κ2) is 7.42. The van der Waals surface area contributed by atoms with Gasteiger partial charge in [-0.05, 0) is 31.6 Å². The predicted molar refractivity (Wildman–Crippen MR) is 71.2 cm³/mol. The number of carboxylic acids is 1. The molecule has 0 fully saturated rings. The molecule has 94 valence electrons. The molecule has 5 heteroatoms. The molecule has 0 radical (unpaired) electrons. The Morgan fingerprint density at radius 2 is 2.18 bits per heavy atom. The van der Waals surface area contributed by atoms with Gasteiger partial charge in [-0.1, -0.05) is 34.1 Å². The molecule has 0 spiro atoms. The molecular formula is C12H17BrN2O2. The Balaban J connectivity index is 2.29. The topological polar surface area (TPSA) is 61.4 Å². The van der Waals surface area contributed by atoms with Crippen LogP contribution < -0.4 is 10.6 Å². The van der Waals surface area contributed by atoms with E-state index in [0.29, 0.717) is 6.54 Å². The van der Waals surface area contributed by atoms with Gasteiger partial charge in [0.2, 0.25) is 0 Å². The second-order valence-electron chi connectivity index (χ2n) is 3.73. The molecule has 0 bridgehead atoms. The van der Waals surface area contributed by atoms with Crippen molar-refractivity contribution < 1.29 is 9.90 Å². The molecule has 1 unspecified atom stereocenters. The molecule has 1 rings (SSSR count). The van der Waals surface area contributed by atoms with Crippen LogP contribution in [-0.2, 0) is 11.2 Å². The van der Waals surface area contributed by atoms with Gasteiger partial charge in [-0.25, -0.2) is 0 Å². The number of likely N-dealkylation sites (N-methyl/N-ethyl adjacent to an activating group) is 1. The number of carbonyl (C=O) groups is 1. The van der Waals surface area contributed by atoms with Crippen molar-refractivity contribution in [2.75, 3.05) is 20.1 Å². The minimum atomic E-state index is -0.833. The van der Waals surface area contributed by atoms with Crippen molar-refractivity contribution in [3.8, 4) is 0 Å². The smallest absolute Gasteiger partial charge is 0.322 e. The van der Waals surface area contributed by atoms with E-state index in [9.17, 15) is 4.79 Å². The first kappa shape index (κ1) is 14.2. The molecule has 1 aromatic carbocycles. The quantitative estimate of drug-likeness (QED) is 0.664. The molecule has 1 aromatic rings. The molecule has 0 aromatic heterocycles. The number of rotatable bonds is 7. The second-order valence-corrected chi connectivity index (χ2v) is 4.58. The Hall–Kier alpha value is -0.910. The van der Waals surface area contributed by atoms with Crippen LogP contribution in [0.1, 0.15) is 5.56 Å². The summed E-state index contributed by atoms with van der Waals surface area (Å²) in [5.41, 5.74) is 1.22. The fourth-order valence-electron chi connectivity index (χ4n) is 1.48. The van der Waals surface area contributed by atoms with Gasteiger partial charge in [0.15, 0.2) is 0 Å². The van der Waals surface area contributed by atoms with E-state index in [1.165, 1.54) is 5.56 Å². The molecule has 0 aliphatic rings. The van der Waals surface area contributed by atoms with Gasteiger partial charge >= 0.3 is 5.97 Å². The van der Waals surface area contributed by atoms with Crippen LogP contribution in [0.4, 0.5) is 0 Å². The van der Waals surface area contributed by atoms with Gasteiger partial charge in [-0.15, -0.1) is 0 Å².